The van der Waals surface area contributed by atoms with E-state index in [9.17, 15) is 4.79 Å². The molecule has 0 bridgehead atoms. The van der Waals surface area contributed by atoms with Gasteiger partial charge in [0.25, 0.3) is 0 Å². The van der Waals surface area contributed by atoms with Gasteiger partial charge in [0.1, 0.15) is 0 Å². The van der Waals surface area contributed by atoms with Gasteiger partial charge in [0.15, 0.2) is 11.6 Å². The first-order valence-electron chi connectivity index (χ1n) is 8.81. The monoisotopic (exact) mass is 359 g/mol. The third-order valence-corrected chi connectivity index (χ3v) is 4.15. The Balaban J connectivity index is 0.000000359. The largest absolute Gasteiger partial charge is 0.505 e. The molecule has 142 valence electrons. The van der Waals surface area contributed by atoms with Crippen molar-refractivity contribution in [3.05, 3.63) is 52.9 Å². The molecule has 0 saturated heterocycles. The number of hydrogen-bond donors (Lipinski definition) is 5. The zero-order chi connectivity index (χ0) is 19.7. The van der Waals surface area contributed by atoms with Crippen LogP contribution in [0.5, 0.6) is 0 Å². The van der Waals surface area contributed by atoms with Crippen molar-refractivity contribution in [3.63, 3.8) is 0 Å². The van der Waals surface area contributed by atoms with E-state index in [2.05, 4.69) is 19.2 Å². The van der Waals surface area contributed by atoms with Crippen LogP contribution in [0.2, 0.25) is 0 Å². The van der Waals surface area contributed by atoms with E-state index in [0.717, 1.165) is 24.1 Å². The van der Waals surface area contributed by atoms with Crippen molar-refractivity contribution in [1.82, 2.24) is 0 Å². The minimum Gasteiger partial charge on any atom is -0.505 e. The normalized spacial score (nSPS) is 16.3. The fourth-order valence-corrected chi connectivity index (χ4v) is 2.78. The third kappa shape index (κ3) is 6.63. The standard InChI is InChI=1S/C15H19NO2.C5H10N2O/c1-3-13-10(2)8-14(13)16-12-6-4-11(5-7-12)9-15(17)18;1-2-3-4(8)5(6)7/h4-7,10,16H,3,8-9H2,1-2H3,(H,17,18);3,8H,2H2,1H3,(H3,6,7)/b;4-3-. The van der Waals surface area contributed by atoms with E-state index in [-0.39, 0.29) is 18.0 Å². The summed E-state index contributed by atoms with van der Waals surface area (Å²) >= 11 is 0. The highest BCUT2D eigenvalue weighted by Gasteiger charge is 2.23. The van der Waals surface area contributed by atoms with Crippen LogP contribution in [0.3, 0.4) is 0 Å². The number of aliphatic carboxylic acids is 1. The van der Waals surface area contributed by atoms with Gasteiger partial charge >= 0.3 is 5.97 Å². The Morgan fingerprint density at radius 3 is 2.31 bits per heavy atom. The molecule has 1 aliphatic carbocycles. The Kier molecular flexibility index (Phi) is 8.42. The maximum absolute atomic E-state index is 10.6. The van der Waals surface area contributed by atoms with Crippen LogP contribution in [0.4, 0.5) is 5.69 Å². The predicted octanol–water partition coefficient (Wildman–Crippen LogP) is 4.20. The summed E-state index contributed by atoms with van der Waals surface area (Å²) in [5.74, 6) is -0.498. The van der Waals surface area contributed by atoms with Gasteiger partial charge in [0.05, 0.1) is 6.42 Å². The van der Waals surface area contributed by atoms with Crippen molar-refractivity contribution in [3.8, 4) is 0 Å². The predicted molar refractivity (Wildman–Crippen MR) is 105 cm³/mol. The van der Waals surface area contributed by atoms with Crippen LogP contribution < -0.4 is 11.1 Å². The summed E-state index contributed by atoms with van der Waals surface area (Å²) in [5.41, 5.74) is 9.59. The van der Waals surface area contributed by atoms with E-state index >= 15 is 0 Å². The van der Waals surface area contributed by atoms with Crippen molar-refractivity contribution in [2.75, 3.05) is 5.32 Å². The summed E-state index contributed by atoms with van der Waals surface area (Å²) in [6, 6.07) is 7.62. The number of hydrogen-bond acceptors (Lipinski definition) is 4. The van der Waals surface area contributed by atoms with Gasteiger partial charge in [-0.25, -0.2) is 0 Å². The topological polar surface area (TPSA) is 119 Å². The van der Waals surface area contributed by atoms with Gasteiger partial charge in [-0.3, -0.25) is 10.2 Å². The first kappa shape index (κ1) is 21.3. The molecule has 0 spiro atoms. The second kappa shape index (κ2) is 10.3. The number of carbonyl (C=O) groups is 1. The van der Waals surface area contributed by atoms with Crippen LogP contribution in [0.25, 0.3) is 0 Å². The summed E-state index contributed by atoms with van der Waals surface area (Å²) < 4.78 is 0. The second-order valence-corrected chi connectivity index (χ2v) is 6.27. The summed E-state index contributed by atoms with van der Waals surface area (Å²) in [6.45, 7) is 6.29. The maximum Gasteiger partial charge on any atom is 0.307 e. The number of nitrogens with two attached hydrogens (primary N) is 1. The molecule has 2 rings (SSSR count). The average molecular weight is 359 g/mol. The number of aliphatic hydroxyl groups excluding tert-OH is 1. The third-order valence-electron chi connectivity index (χ3n) is 4.15. The molecule has 1 aliphatic rings. The molecule has 0 aromatic heterocycles. The molecule has 0 amide bonds. The van der Waals surface area contributed by atoms with Crippen LogP contribution in [0.1, 0.15) is 45.6 Å². The van der Waals surface area contributed by atoms with Crippen LogP contribution in [0, 0.1) is 11.3 Å². The molecule has 1 unspecified atom stereocenters. The second-order valence-electron chi connectivity index (χ2n) is 6.27. The smallest absolute Gasteiger partial charge is 0.307 e. The fraction of sp³-hybridized carbons (Fsp3) is 0.400. The number of allylic oxidation sites excluding steroid dienone is 3. The quantitative estimate of drug-likeness (QED) is 0.284. The van der Waals surface area contributed by atoms with E-state index in [1.54, 1.807) is 0 Å². The number of amidine groups is 1. The molecule has 26 heavy (non-hydrogen) atoms. The molecule has 0 fully saturated rings. The number of nitrogens with one attached hydrogen (secondary N) is 2. The maximum atomic E-state index is 10.6. The van der Waals surface area contributed by atoms with Gasteiger partial charge in [0, 0.05) is 11.4 Å². The number of rotatable bonds is 7. The Hall–Kier alpha value is -2.76. The van der Waals surface area contributed by atoms with Crippen molar-refractivity contribution >= 4 is 17.5 Å². The van der Waals surface area contributed by atoms with Gasteiger partial charge in [-0.1, -0.05) is 32.9 Å². The lowest BCUT2D eigenvalue weighted by molar-refractivity contribution is -0.136. The summed E-state index contributed by atoms with van der Waals surface area (Å²) in [5, 5.41) is 27.4. The molecule has 6 heteroatoms. The van der Waals surface area contributed by atoms with Crippen LogP contribution in [-0.2, 0) is 11.2 Å². The van der Waals surface area contributed by atoms with Crippen molar-refractivity contribution in [2.24, 2.45) is 11.7 Å². The highest BCUT2D eigenvalue weighted by Crippen LogP contribution is 2.36. The average Bonchev–Trinajstić information content (AvgIpc) is 2.56. The van der Waals surface area contributed by atoms with Gasteiger partial charge < -0.3 is 21.3 Å². The molecule has 6 nitrogen and oxygen atoms in total. The molecule has 1 aromatic carbocycles. The highest BCUT2D eigenvalue weighted by atomic mass is 16.4. The Labute approximate surface area is 154 Å². The molecule has 0 radical (unpaired) electrons. The molecule has 1 atom stereocenters. The molecular formula is C20H29N3O3. The SMILES string of the molecule is CC/C=C(\O)C(=N)N.CCC1=C(Nc2ccc(CC(=O)O)cc2)CC1C. The van der Waals surface area contributed by atoms with Crippen LogP contribution >= 0.6 is 0 Å². The van der Waals surface area contributed by atoms with Gasteiger partial charge in [0.2, 0.25) is 0 Å². The first-order chi connectivity index (χ1) is 12.3. The lowest BCUT2D eigenvalue weighted by Gasteiger charge is -2.31. The van der Waals surface area contributed by atoms with Crippen molar-refractivity contribution in [1.29, 1.82) is 5.41 Å². The fourth-order valence-electron chi connectivity index (χ4n) is 2.78. The first-order valence-corrected chi connectivity index (χ1v) is 8.81. The molecule has 1 aromatic rings. The lowest BCUT2D eigenvalue weighted by atomic mass is 9.81. The molecule has 0 heterocycles. The Morgan fingerprint density at radius 2 is 1.92 bits per heavy atom. The van der Waals surface area contributed by atoms with E-state index in [1.807, 2.05) is 31.2 Å². The number of carboxylic acid groups (broad SMARTS) is 1. The van der Waals surface area contributed by atoms with Gasteiger partial charge in [-0.2, -0.15) is 0 Å². The van der Waals surface area contributed by atoms with Gasteiger partial charge in [-0.05, 0) is 54.5 Å². The zero-order valence-electron chi connectivity index (χ0n) is 15.7. The number of benzene rings is 1. The van der Waals surface area contributed by atoms with E-state index < -0.39 is 5.97 Å². The molecule has 6 N–H and O–H groups in total. The molecular weight excluding hydrogens is 330 g/mol. The number of carboxylic acids is 1. The number of aliphatic hydroxyl groups is 1. The Morgan fingerprint density at radius 1 is 1.31 bits per heavy atom. The molecule has 0 saturated carbocycles. The summed E-state index contributed by atoms with van der Waals surface area (Å²) in [6.07, 6.45) is 4.48. The summed E-state index contributed by atoms with van der Waals surface area (Å²) in [4.78, 5) is 10.6. The summed E-state index contributed by atoms with van der Waals surface area (Å²) in [7, 11) is 0. The zero-order valence-corrected chi connectivity index (χ0v) is 15.7. The van der Waals surface area contributed by atoms with Crippen LogP contribution in [0.15, 0.2) is 47.4 Å². The van der Waals surface area contributed by atoms with Crippen LogP contribution in [-0.4, -0.2) is 22.0 Å². The highest BCUT2D eigenvalue weighted by molar-refractivity contribution is 5.91. The van der Waals surface area contributed by atoms with E-state index in [0.29, 0.717) is 12.3 Å². The van der Waals surface area contributed by atoms with Gasteiger partial charge in [-0.15, -0.1) is 0 Å². The van der Waals surface area contributed by atoms with Crippen molar-refractivity contribution in [2.45, 2.75) is 46.5 Å². The minimum atomic E-state index is -0.792. The molecule has 0 aliphatic heterocycles. The number of anilines is 1. The van der Waals surface area contributed by atoms with Crippen molar-refractivity contribution < 1.29 is 15.0 Å². The van der Waals surface area contributed by atoms with E-state index in [1.165, 1.54) is 17.3 Å². The Bertz CT molecular complexity index is 691. The van der Waals surface area contributed by atoms with E-state index in [4.69, 9.17) is 21.4 Å². The minimum absolute atomic E-state index is 0.0836. The lowest BCUT2D eigenvalue weighted by Crippen LogP contribution is -2.20.